The second kappa shape index (κ2) is 7.12. The molecule has 0 bridgehead atoms. The van der Waals surface area contributed by atoms with E-state index in [2.05, 4.69) is 4.90 Å². The molecule has 0 radical (unpaired) electrons. The van der Waals surface area contributed by atoms with Gasteiger partial charge in [-0.2, -0.15) is 0 Å². The predicted octanol–water partition coefficient (Wildman–Crippen LogP) is 2.16. The van der Waals surface area contributed by atoms with E-state index in [0.29, 0.717) is 6.61 Å². The van der Waals surface area contributed by atoms with Crippen LogP contribution in [0.15, 0.2) is 12.1 Å². The lowest BCUT2D eigenvalue weighted by Gasteiger charge is -2.32. The van der Waals surface area contributed by atoms with Crippen molar-refractivity contribution in [1.29, 1.82) is 0 Å². The zero-order chi connectivity index (χ0) is 14.5. The third-order valence-electron chi connectivity index (χ3n) is 3.70. The van der Waals surface area contributed by atoms with Crippen LogP contribution in [-0.2, 0) is 4.74 Å². The van der Waals surface area contributed by atoms with Crippen LogP contribution in [0, 0.1) is 10.1 Å². The molecule has 1 fully saturated rings. The lowest BCUT2D eigenvalue weighted by atomic mass is 10.0. The Labute approximate surface area is 122 Å². The highest BCUT2D eigenvalue weighted by molar-refractivity contribution is 7.15. The number of methoxy groups -OCH3 is 1. The van der Waals surface area contributed by atoms with Gasteiger partial charge in [0.05, 0.1) is 17.6 Å². The molecule has 6 nitrogen and oxygen atoms in total. The van der Waals surface area contributed by atoms with Gasteiger partial charge < -0.3 is 10.5 Å². The average Bonchev–Trinajstić information content (AvgIpc) is 2.82. The zero-order valence-electron chi connectivity index (χ0n) is 11.7. The molecule has 0 saturated carbocycles. The third kappa shape index (κ3) is 3.54. The van der Waals surface area contributed by atoms with E-state index in [9.17, 15) is 10.1 Å². The van der Waals surface area contributed by atoms with Crippen molar-refractivity contribution in [1.82, 2.24) is 4.90 Å². The molecule has 0 aliphatic carbocycles. The van der Waals surface area contributed by atoms with Crippen LogP contribution in [0.25, 0.3) is 0 Å². The second-order valence-electron chi connectivity index (χ2n) is 5.07. The maximum absolute atomic E-state index is 10.9. The van der Waals surface area contributed by atoms with E-state index in [4.69, 9.17) is 10.5 Å². The highest BCUT2D eigenvalue weighted by Crippen LogP contribution is 2.36. The van der Waals surface area contributed by atoms with Gasteiger partial charge >= 0.3 is 5.00 Å². The number of ether oxygens (including phenoxy) is 1. The van der Waals surface area contributed by atoms with Crippen molar-refractivity contribution in [3.63, 3.8) is 0 Å². The topological polar surface area (TPSA) is 81.6 Å². The molecule has 1 aromatic heterocycles. The number of nitrogens with zero attached hydrogens (tertiary/aromatic N) is 2. The number of likely N-dealkylation sites (tertiary alicyclic amines) is 1. The Morgan fingerprint density at radius 1 is 1.55 bits per heavy atom. The number of hydrogen-bond acceptors (Lipinski definition) is 6. The van der Waals surface area contributed by atoms with Crippen molar-refractivity contribution in [2.24, 2.45) is 5.73 Å². The summed E-state index contributed by atoms with van der Waals surface area (Å²) < 4.78 is 5.16. The van der Waals surface area contributed by atoms with Crippen LogP contribution in [0.5, 0.6) is 0 Å². The van der Waals surface area contributed by atoms with E-state index in [1.54, 1.807) is 13.2 Å². The molecule has 2 N–H and O–H groups in total. The van der Waals surface area contributed by atoms with Crippen molar-refractivity contribution in [2.45, 2.75) is 31.3 Å². The number of nitrogens with two attached hydrogens (primary N) is 1. The summed E-state index contributed by atoms with van der Waals surface area (Å²) in [4.78, 5) is 13.8. The van der Waals surface area contributed by atoms with E-state index in [1.807, 2.05) is 6.07 Å². The first-order valence-electron chi connectivity index (χ1n) is 6.86. The maximum atomic E-state index is 10.9. The van der Waals surface area contributed by atoms with Crippen LogP contribution >= 0.6 is 11.3 Å². The van der Waals surface area contributed by atoms with Gasteiger partial charge in [0.25, 0.3) is 0 Å². The SMILES string of the molecule is COCCN1CCCCC(N)C1c1ccc([N+](=O)[O-])s1. The fraction of sp³-hybridized carbons (Fsp3) is 0.692. The van der Waals surface area contributed by atoms with E-state index in [-0.39, 0.29) is 22.0 Å². The molecule has 20 heavy (non-hydrogen) atoms. The zero-order valence-corrected chi connectivity index (χ0v) is 12.5. The lowest BCUT2D eigenvalue weighted by Crippen LogP contribution is -2.40. The number of nitro groups is 1. The van der Waals surface area contributed by atoms with Gasteiger partial charge in [0.1, 0.15) is 0 Å². The monoisotopic (exact) mass is 299 g/mol. The molecule has 2 rings (SSSR count). The van der Waals surface area contributed by atoms with E-state index in [1.165, 1.54) is 11.3 Å². The summed E-state index contributed by atoms with van der Waals surface area (Å²) in [7, 11) is 1.68. The van der Waals surface area contributed by atoms with Crippen molar-refractivity contribution in [3.8, 4) is 0 Å². The predicted molar refractivity (Wildman–Crippen MR) is 79.0 cm³/mol. The van der Waals surface area contributed by atoms with Crippen molar-refractivity contribution in [2.75, 3.05) is 26.8 Å². The molecule has 2 heterocycles. The van der Waals surface area contributed by atoms with Gasteiger partial charge in [-0.15, -0.1) is 0 Å². The van der Waals surface area contributed by atoms with E-state index >= 15 is 0 Å². The molecule has 0 spiro atoms. The summed E-state index contributed by atoms with van der Waals surface area (Å²) in [5, 5.41) is 11.0. The molecule has 2 unspecified atom stereocenters. The van der Waals surface area contributed by atoms with Crippen LogP contribution in [0.4, 0.5) is 5.00 Å². The van der Waals surface area contributed by atoms with Crippen LogP contribution in [-0.4, -0.2) is 42.7 Å². The summed E-state index contributed by atoms with van der Waals surface area (Å²) in [5.41, 5.74) is 6.31. The fourth-order valence-electron chi connectivity index (χ4n) is 2.71. The average molecular weight is 299 g/mol. The highest BCUT2D eigenvalue weighted by Gasteiger charge is 2.30. The Morgan fingerprint density at radius 2 is 2.35 bits per heavy atom. The summed E-state index contributed by atoms with van der Waals surface area (Å²) in [6.45, 7) is 2.42. The van der Waals surface area contributed by atoms with Gasteiger partial charge in [-0.1, -0.05) is 17.8 Å². The summed E-state index contributed by atoms with van der Waals surface area (Å²) in [6, 6.07) is 3.50. The standard InChI is InChI=1S/C13H21N3O3S/c1-19-9-8-15-7-3-2-4-10(14)13(15)11-5-6-12(20-11)16(17)18/h5-6,10,13H,2-4,7-9,14H2,1H3. The smallest absolute Gasteiger partial charge is 0.324 e. The Bertz CT molecular complexity index is 452. The molecule has 1 aromatic rings. The van der Waals surface area contributed by atoms with Crippen LogP contribution < -0.4 is 5.73 Å². The lowest BCUT2D eigenvalue weighted by molar-refractivity contribution is -0.380. The maximum Gasteiger partial charge on any atom is 0.324 e. The molecule has 0 amide bonds. The molecule has 1 aliphatic rings. The number of rotatable bonds is 5. The molecule has 0 aromatic carbocycles. The molecule has 2 atom stereocenters. The quantitative estimate of drug-likeness (QED) is 0.665. The van der Waals surface area contributed by atoms with Gasteiger partial charge in [0.2, 0.25) is 0 Å². The van der Waals surface area contributed by atoms with Gasteiger partial charge in [-0.05, 0) is 25.5 Å². The Hall–Kier alpha value is -1.02. The molecule has 1 saturated heterocycles. The van der Waals surface area contributed by atoms with Crippen LogP contribution in [0.3, 0.4) is 0 Å². The second-order valence-corrected chi connectivity index (χ2v) is 6.16. The largest absolute Gasteiger partial charge is 0.383 e. The number of hydrogen-bond donors (Lipinski definition) is 1. The van der Waals surface area contributed by atoms with Gasteiger partial charge in [0.15, 0.2) is 0 Å². The minimum Gasteiger partial charge on any atom is -0.383 e. The first-order valence-corrected chi connectivity index (χ1v) is 7.68. The van der Waals surface area contributed by atoms with Gasteiger partial charge in [0, 0.05) is 30.6 Å². The van der Waals surface area contributed by atoms with Crippen LogP contribution in [0.1, 0.15) is 30.2 Å². The van der Waals surface area contributed by atoms with Crippen molar-refractivity contribution in [3.05, 3.63) is 27.1 Å². The summed E-state index contributed by atoms with van der Waals surface area (Å²) >= 11 is 1.24. The molecular formula is C13H21N3O3S. The summed E-state index contributed by atoms with van der Waals surface area (Å²) in [6.07, 6.45) is 3.18. The van der Waals surface area contributed by atoms with Gasteiger partial charge in [-0.25, -0.2) is 0 Å². The van der Waals surface area contributed by atoms with E-state index < -0.39 is 0 Å². The molecule has 1 aliphatic heterocycles. The summed E-state index contributed by atoms with van der Waals surface area (Å²) in [5.74, 6) is 0. The number of thiophene rings is 1. The third-order valence-corrected chi connectivity index (χ3v) is 4.81. The van der Waals surface area contributed by atoms with Crippen LogP contribution in [0.2, 0.25) is 0 Å². The Balaban J connectivity index is 2.22. The Morgan fingerprint density at radius 3 is 3.00 bits per heavy atom. The molecular weight excluding hydrogens is 278 g/mol. The van der Waals surface area contributed by atoms with Crippen molar-refractivity contribution < 1.29 is 9.66 Å². The van der Waals surface area contributed by atoms with E-state index in [0.717, 1.165) is 37.2 Å². The molecule has 112 valence electrons. The Kier molecular flexibility index (Phi) is 5.47. The molecule has 7 heteroatoms. The van der Waals surface area contributed by atoms with Crippen molar-refractivity contribution >= 4 is 16.3 Å². The highest BCUT2D eigenvalue weighted by atomic mass is 32.1. The first-order chi connectivity index (χ1) is 9.63. The van der Waals surface area contributed by atoms with Gasteiger partial charge in [-0.3, -0.25) is 15.0 Å². The first kappa shape index (κ1) is 15.4. The fourth-order valence-corrected chi connectivity index (χ4v) is 3.75. The minimum absolute atomic E-state index is 0.0209. The minimum atomic E-state index is -0.337. The normalized spacial score (nSPS) is 24.5.